The van der Waals surface area contributed by atoms with Crippen molar-refractivity contribution < 1.29 is 14.6 Å². The van der Waals surface area contributed by atoms with E-state index in [9.17, 15) is 5.11 Å². The van der Waals surface area contributed by atoms with Gasteiger partial charge in [0.15, 0.2) is 0 Å². The molecule has 0 aromatic carbocycles. The zero-order valence-corrected chi connectivity index (χ0v) is 9.91. The minimum absolute atomic E-state index is 0.251. The molecule has 2 fully saturated rings. The standard InChI is InChI=1S/C12H23NO3/c13-9-11(3-1-7-16-10-11)12(14)4-2-6-15-8-5-12/h14H,1-10,13H2. The Kier molecular flexibility index (Phi) is 3.85. The van der Waals surface area contributed by atoms with Crippen molar-refractivity contribution in [1.82, 2.24) is 0 Å². The quantitative estimate of drug-likeness (QED) is 0.730. The van der Waals surface area contributed by atoms with Gasteiger partial charge in [0.2, 0.25) is 0 Å². The van der Waals surface area contributed by atoms with Gasteiger partial charge in [-0.1, -0.05) is 0 Å². The lowest BCUT2D eigenvalue weighted by Crippen LogP contribution is -2.57. The van der Waals surface area contributed by atoms with Gasteiger partial charge in [-0.15, -0.1) is 0 Å². The monoisotopic (exact) mass is 229 g/mol. The van der Waals surface area contributed by atoms with Gasteiger partial charge in [-0.25, -0.2) is 0 Å². The minimum atomic E-state index is -0.696. The normalized spacial score (nSPS) is 41.6. The maximum Gasteiger partial charge on any atom is 0.0760 e. The maximum absolute atomic E-state index is 10.9. The van der Waals surface area contributed by atoms with Crippen LogP contribution in [0, 0.1) is 5.41 Å². The van der Waals surface area contributed by atoms with Gasteiger partial charge >= 0.3 is 0 Å². The molecule has 0 spiro atoms. The summed E-state index contributed by atoms with van der Waals surface area (Å²) in [6, 6.07) is 0. The number of rotatable bonds is 2. The van der Waals surface area contributed by atoms with Crippen molar-refractivity contribution in [3.8, 4) is 0 Å². The van der Waals surface area contributed by atoms with Gasteiger partial charge in [0.1, 0.15) is 0 Å². The Balaban J connectivity index is 2.16. The van der Waals surface area contributed by atoms with Crippen LogP contribution in [0.25, 0.3) is 0 Å². The molecule has 2 rings (SSSR count). The molecule has 2 saturated heterocycles. The van der Waals surface area contributed by atoms with Gasteiger partial charge in [-0.05, 0) is 25.7 Å². The van der Waals surface area contributed by atoms with E-state index in [0.29, 0.717) is 26.2 Å². The van der Waals surface area contributed by atoms with E-state index in [1.54, 1.807) is 0 Å². The van der Waals surface area contributed by atoms with Crippen molar-refractivity contribution in [2.75, 3.05) is 33.0 Å². The number of hydrogen-bond donors (Lipinski definition) is 2. The highest BCUT2D eigenvalue weighted by molar-refractivity contribution is 5.01. The molecule has 2 aliphatic rings. The molecule has 2 aliphatic heterocycles. The molecule has 2 heterocycles. The average molecular weight is 229 g/mol. The van der Waals surface area contributed by atoms with Crippen molar-refractivity contribution >= 4 is 0 Å². The number of nitrogens with two attached hydrogens (primary N) is 1. The fraction of sp³-hybridized carbons (Fsp3) is 1.00. The summed E-state index contributed by atoms with van der Waals surface area (Å²) in [5.74, 6) is 0. The van der Waals surface area contributed by atoms with E-state index in [1.165, 1.54) is 0 Å². The number of hydrogen-bond acceptors (Lipinski definition) is 4. The first-order valence-electron chi connectivity index (χ1n) is 6.30. The summed E-state index contributed by atoms with van der Waals surface area (Å²) in [7, 11) is 0. The predicted octanol–water partition coefficient (Wildman–Crippen LogP) is 0.673. The lowest BCUT2D eigenvalue weighted by atomic mass is 9.65. The lowest BCUT2D eigenvalue weighted by Gasteiger charge is -2.48. The molecule has 0 aliphatic carbocycles. The first-order valence-corrected chi connectivity index (χ1v) is 6.30. The lowest BCUT2D eigenvalue weighted by molar-refractivity contribution is -0.150. The molecule has 4 heteroatoms. The van der Waals surface area contributed by atoms with Crippen LogP contribution in [0.5, 0.6) is 0 Å². The van der Waals surface area contributed by atoms with E-state index < -0.39 is 5.60 Å². The highest BCUT2D eigenvalue weighted by Gasteiger charge is 2.50. The van der Waals surface area contributed by atoms with Crippen molar-refractivity contribution in [3.63, 3.8) is 0 Å². The van der Waals surface area contributed by atoms with E-state index in [0.717, 1.165) is 38.9 Å². The third kappa shape index (κ3) is 2.12. The summed E-state index contributed by atoms with van der Waals surface area (Å²) in [6.45, 7) is 3.29. The van der Waals surface area contributed by atoms with Crippen LogP contribution in [0.3, 0.4) is 0 Å². The van der Waals surface area contributed by atoms with Gasteiger partial charge in [0.25, 0.3) is 0 Å². The van der Waals surface area contributed by atoms with E-state index in [4.69, 9.17) is 15.2 Å². The molecule has 0 amide bonds. The van der Waals surface area contributed by atoms with Gasteiger partial charge in [-0.3, -0.25) is 0 Å². The van der Waals surface area contributed by atoms with Crippen molar-refractivity contribution in [2.45, 2.75) is 37.7 Å². The van der Waals surface area contributed by atoms with Crippen LogP contribution in [-0.4, -0.2) is 43.7 Å². The van der Waals surface area contributed by atoms with E-state index in [-0.39, 0.29) is 5.41 Å². The smallest absolute Gasteiger partial charge is 0.0760 e. The molecule has 2 atom stereocenters. The summed E-state index contributed by atoms with van der Waals surface area (Å²) in [5, 5.41) is 10.9. The molecular formula is C12H23NO3. The molecule has 2 unspecified atom stereocenters. The van der Waals surface area contributed by atoms with Crippen LogP contribution in [-0.2, 0) is 9.47 Å². The molecule has 0 saturated carbocycles. The Labute approximate surface area is 97.1 Å². The molecule has 3 N–H and O–H groups in total. The molecule has 16 heavy (non-hydrogen) atoms. The Morgan fingerprint density at radius 2 is 1.75 bits per heavy atom. The Morgan fingerprint density at radius 1 is 1.00 bits per heavy atom. The molecule has 94 valence electrons. The second-order valence-corrected chi connectivity index (χ2v) is 5.14. The molecule has 0 aromatic heterocycles. The second kappa shape index (κ2) is 5.00. The Hall–Kier alpha value is -0.160. The van der Waals surface area contributed by atoms with Gasteiger partial charge < -0.3 is 20.3 Å². The second-order valence-electron chi connectivity index (χ2n) is 5.14. The predicted molar refractivity (Wildman–Crippen MR) is 61.2 cm³/mol. The van der Waals surface area contributed by atoms with Crippen molar-refractivity contribution in [2.24, 2.45) is 11.1 Å². The third-order valence-corrected chi connectivity index (χ3v) is 4.24. The van der Waals surface area contributed by atoms with Crippen LogP contribution >= 0.6 is 0 Å². The first-order chi connectivity index (χ1) is 7.72. The van der Waals surface area contributed by atoms with Crippen LogP contribution in [0.15, 0.2) is 0 Å². The third-order valence-electron chi connectivity index (χ3n) is 4.24. The fourth-order valence-corrected chi connectivity index (χ4v) is 3.04. The first kappa shape index (κ1) is 12.3. The molecule has 0 bridgehead atoms. The minimum Gasteiger partial charge on any atom is -0.389 e. The molecular weight excluding hydrogens is 206 g/mol. The molecule has 0 radical (unpaired) electrons. The SMILES string of the molecule is NCC1(C2(O)CCCOCC2)CCCOC1. The zero-order chi connectivity index (χ0) is 11.5. The summed E-state index contributed by atoms with van der Waals surface area (Å²) in [5.41, 5.74) is 4.98. The Bertz CT molecular complexity index is 218. The van der Waals surface area contributed by atoms with E-state index in [1.807, 2.05) is 0 Å². The topological polar surface area (TPSA) is 64.7 Å². The van der Waals surface area contributed by atoms with E-state index >= 15 is 0 Å². The number of aliphatic hydroxyl groups is 1. The fourth-order valence-electron chi connectivity index (χ4n) is 3.04. The van der Waals surface area contributed by atoms with Crippen LogP contribution in [0.2, 0.25) is 0 Å². The van der Waals surface area contributed by atoms with Gasteiger partial charge in [0, 0.05) is 38.2 Å². The largest absolute Gasteiger partial charge is 0.389 e. The number of ether oxygens (including phenoxy) is 2. The van der Waals surface area contributed by atoms with Crippen LogP contribution < -0.4 is 5.73 Å². The maximum atomic E-state index is 10.9. The molecule has 0 aromatic rings. The van der Waals surface area contributed by atoms with Crippen LogP contribution in [0.1, 0.15) is 32.1 Å². The van der Waals surface area contributed by atoms with Gasteiger partial charge in [0.05, 0.1) is 12.2 Å². The summed E-state index contributed by atoms with van der Waals surface area (Å²) < 4.78 is 11.0. The van der Waals surface area contributed by atoms with Gasteiger partial charge in [-0.2, -0.15) is 0 Å². The Morgan fingerprint density at radius 3 is 2.44 bits per heavy atom. The van der Waals surface area contributed by atoms with Crippen molar-refractivity contribution in [1.29, 1.82) is 0 Å². The van der Waals surface area contributed by atoms with Crippen molar-refractivity contribution in [3.05, 3.63) is 0 Å². The average Bonchev–Trinajstić information content (AvgIpc) is 2.56. The highest BCUT2D eigenvalue weighted by Crippen LogP contribution is 2.44. The van der Waals surface area contributed by atoms with E-state index in [2.05, 4.69) is 0 Å². The summed E-state index contributed by atoms with van der Waals surface area (Å²) in [6.07, 6.45) is 4.36. The summed E-state index contributed by atoms with van der Waals surface area (Å²) >= 11 is 0. The highest BCUT2D eigenvalue weighted by atomic mass is 16.5. The van der Waals surface area contributed by atoms with Crippen LogP contribution in [0.4, 0.5) is 0 Å². The molecule has 4 nitrogen and oxygen atoms in total. The summed E-state index contributed by atoms with van der Waals surface area (Å²) in [4.78, 5) is 0. The zero-order valence-electron chi connectivity index (χ0n) is 9.91.